The molecule has 0 amide bonds. The summed E-state index contributed by atoms with van der Waals surface area (Å²) in [5, 5.41) is 11.8. The molecule has 2 aromatic carbocycles. The van der Waals surface area contributed by atoms with Crippen molar-refractivity contribution >= 4 is 10.9 Å². The Morgan fingerprint density at radius 3 is 2.86 bits per heavy atom. The van der Waals surface area contributed by atoms with Gasteiger partial charge in [-0.15, -0.1) is 0 Å². The lowest BCUT2D eigenvalue weighted by Gasteiger charge is -2.36. The zero-order valence-electron chi connectivity index (χ0n) is 15.4. The normalized spacial score (nSPS) is 21.9. The molecule has 28 heavy (non-hydrogen) atoms. The predicted molar refractivity (Wildman–Crippen MR) is 106 cm³/mol. The van der Waals surface area contributed by atoms with Gasteiger partial charge in [0.15, 0.2) is 11.5 Å². The van der Waals surface area contributed by atoms with Gasteiger partial charge in [-0.05, 0) is 48.2 Å². The number of aliphatic hydroxyl groups is 1. The summed E-state index contributed by atoms with van der Waals surface area (Å²) < 4.78 is 10.8. The van der Waals surface area contributed by atoms with E-state index >= 15 is 0 Å². The third-order valence-corrected chi connectivity index (χ3v) is 5.72. The van der Waals surface area contributed by atoms with Crippen molar-refractivity contribution in [3.8, 4) is 11.5 Å². The SMILES string of the molecule is O=c1[nH]c2ccccc2cc1CN1CC[C@@H](c2ccc3c(c2)OCO3)[C@H](O)C1. The minimum atomic E-state index is -0.492. The number of aliphatic hydroxyl groups excluding tert-OH is 1. The Labute approximate surface area is 162 Å². The van der Waals surface area contributed by atoms with Gasteiger partial charge in [-0.25, -0.2) is 0 Å². The third-order valence-electron chi connectivity index (χ3n) is 5.72. The highest BCUT2D eigenvalue weighted by Crippen LogP contribution is 2.37. The van der Waals surface area contributed by atoms with Crippen LogP contribution in [-0.2, 0) is 6.54 Å². The van der Waals surface area contributed by atoms with E-state index in [4.69, 9.17) is 9.47 Å². The number of hydrogen-bond donors (Lipinski definition) is 2. The summed E-state index contributed by atoms with van der Waals surface area (Å²) in [5.41, 5.74) is 2.58. The van der Waals surface area contributed by atoms with Crippen molar-refractivity contribution in [1.82, 2.24) is 9.88 Å². The molecule has 6 nitrogen and oxygen atoms in total. The molecule has 0 unspecified atom stereocenters. The first-order valence-electron chi connectivity index (χ1n) is 9.58. The summed E-state index contributed by atoms with van der Waals surface area (Å²) in [7, 11) is 0. The molecule has 1 saturated heterocycles. The fourth-order valence-electron chi connectivity index (χ4n) is 4.22. The van der Waals surface area contributed by atoms with Gasteiger partial charge in [-0.2, -0.15) is 0 Å². The van der Waals surface area contributed by atoms with Gasteiger partial charge in [0.25, 0.3) is 5.56 Å². The molecule has 0 radical (unpaired) electrons. The van der Waals surface area contributed by atoms with Crippen LogP contribution < -0.4 is 15.0 Å². The molecule has 1 fully saturated rings. The summed E-state index contributed by atoms with van der Waals surface area (Å²) in [6, 6.07) is 15.6. The van der Waals surface area contributed by atoms with E-state index in [2.05, 4.69) is 9.88 Å². The minimum absolute atomic E-state index is 0.0561. The third kappa shape index (κ3) is 3.15. The molecule has 2 N–H and O–H groups in total. The fourth-order valence-corrected chi connectivity index (χ4v) is 4.22. The highest BCUT2D eigenvalue weighted by Gasteiger charge is 2.30. The fraction of sp³-hybridized carbons (Fsp3) is 0.318. The van der Waals surface area contributed by atoms with Crippen molar-refractivity contribution in [3.63, 3.8) is 0 Å². The molecule has 0 spiro atoms. The average molecular weight is 378 g/mol. The summed E-state index contributed by atoms with van der Waals surface area (Å²) in [5.74, 6) is 1.56. The van der Waals surface area contributed by atoms with Crippen LogP contribution in [0, 0.1) is 0 Å². The molecule has 144 valence electrons. The van der Waals surface area contributed by atoms with E-state index in [0.29, 0.717) is 13.1 Å². The smallest absolute Gasteiger partial charge is 0.252 e. The Hall–Kier alpha value is -2.83. The molecule has 2 atom stereocenters. The predicted octanol–water partition coefficient (Wildman–Crippen LogP) is 2.61. The van der Waals surface area contributed by atoms with Gasteiger partial charge in [-0.3, -0.25) is 9.69 Å². The van der Waals surface area contributed by atoms with Gasteiger partial charge in [0.2, 0.25) is 6.79 Å². The average Bonchev–Trinajstić information content (AvgIpc) is 3.16. The molecule has 0 aliphatic carbocycles. The van der Waals surface area contributed by atoms with Gasteiger partial charge < -0.3 is 19.6 Å². The maximum atomic E-state index is 12.4. The number of nitrogens with one attached hydrogen (secondary N) is 1. The lowest BCUT2D eigenvalue weighted by Crippen LogP contribution is -2.43. The Morgan fingerprint density at radius 1 is 1.11 bits per heavy atom. The number of ether oxygens (including phenoxy) is 2. The van der Waals surface area contributed by atoms with Crippen LogP contribution in [0.2, 0.25) is 0 Å². The number of nitrogens with zero attached hydrogens (tertiary/aromatic N) is 1. The maximum Gasteiger partial charge on any atom is 0.252 e. The number of likely N-dealkylation sites (tertiary alicyclic amines) is 1. The second kappa shape index (κ2) is 6.96. The number of piperidine rings is 1. The van der Waals surface area contributed by atoms with Crippen LogP contribution in [0.3, 0.4) is 0 Å². The zero-order chi connectivity index (χ0) is 19.1. The van der Waals surface area contributed by atoms with Crippen molar-refractivity contribution < 1.29 is 14.6 Å². The van der Waals surface area contributed by atoms with Crippen molar-refractivity contribution in [2.45, 2.75) is 25.0 Å². The van der Waals surface area contributed by atoms with Gasteiger partial charge in [-0.1, -0.05) is 24.3 Å². The molecular weight excluding hydrogens is 356 g/mol. The van der Waals surface area contributed by atoms with E-state index in [1.54, 1.807) is 0 Å². The van der Waals surface area contributed by atoms with Gasteiger partial charge in [0.05, 0.1) is 6.10 Å². The van der Waals surface area contributed by atoms with Crippen LogP contribution >= 0.6 is 0 Å². The van der Waals surface area contributed by atoms with Crippen molar-refractivity contribution in [2.24, 2.45) is 0 Å². The Bertz CT molecular complexity index is 1080. The number of β-amino-alcohol motifs (C(OH)–C–C–N with tert-alkyl or cyclic N) is 1. The van der Waals surface area contributed by atoms with E-state index in [1.165, 1.54) is 0 Å². The van der Waals surface area contributed by atoms with Crippen molar-refractivity contribution in [2.75, 3.05) is 19.9 Å². The number of H-pyrrole nitrogens is 1. The second-order valence-corrected chi connectivity index (χ2v) is 7.52. The number of hydrogen-bond acceptors (Lipinski definition) is 5. The Kier molecular flexibility index (Phi) is 4.30. The van der Waals surface area contributed by atoms with E-state index < -0.39 is 6.10 Å². The summed E-state index contributed by atoms with van der Waals surface area (Å²) in [6.45, 7) is 2.14. The monoisotopic (exact) mass is 378 g/mol. The summed E-state index contributed by atoms with van der Waals surface area (Å²) in [6.07, 6.45) is 0.334. The summed E-state index contributed by atoms with van der Waals surface area (Å²) in [4.78, 5) is 17.5. The Morgan fingerprint density at radius 2 is 1.96 bits per heavy atom. The molecule has 1 aromatic heterocycles. The van der Waals surface area contributed by atoms with Gasteiger partial charge in [0.1, 0.15) is 0 Å². The first kappa shape index (κ1) is 17.3. The van der Waals surface area contributed by atoms with E-state index in [9.17, 15) is 9.90 Å². The Balaban J connectivity index is 1.31. The van der Waals surface area contributed by atoms with Crippen molar-refractivity contribution in [3.05, 3.63) is 70.0 Å². The molecule has 6 heteroatoms. The second-order valence-electron chi connectivity index (χ2n) is 7.52. The largest absolute Gasteiger partial charge is 0.454 e. The van der Waals surface area contributed by atoms with Crippen LogP contribution in [0.1, 0.15) is 23.5 Å². The van der Waals surface area contributed by atoms with E-state index in [1.807, 2.05) is 48.5 Å². The van der Waals surface area contributed by atoms with Crippen molar-refractivity contribution in [1.29, 1.82) is 0 Å². The molecule has 2 aliphatic heterocycles. The number of para-hydroxylation sites is 1. The lowest BCUT2D eigenvalue weighted by molar-refractivity contribution is 0.0475. The molecule has 3 aromatic rings. The standard InChI is InChI=1S/C22H22N2O4/c25-19-12-24(11-16-9-15-3-1-2-4-18(15)23-22(16)26)8-7-17(19)14-5-6-20-21(10-14)28-13-27-20/h1-6,9-10,17,19,25H,7-8,11-13H2,(H,23,26)/t17-,19+/m0/s1. The number of rotatable bonds is 3. The highest BCUT2D eigenvalue weighted by molar-refractivity contribution is 5.78. The van der Waals surface area contributed by atoms with E-state index in [-0.39, 0.29) is 18.3 Å². The number of fused-ring (bicyclic) bond motifs is 2. The van der Waals surface area contributed by atoms with Crippen LogP contribution in [-0.4, -0.2) is 41.0 Å². The topological polar surface area (TPSA) is 74.8 Å². The maximum absolute atomic E-state index is 12.4. The molecule has 5 rings (SSSR count). The first-order chi connectivity index (χ1) is 13.7. The van der Waals surface area contributed by atoms with Crippen LogP contribution in [0.4, 0.5) is 0 Å². The highest BCUT2D eigenvalue weighted by atomic mass is 16.7. The molecule has 3 heterocycles. The number of benzene rings is 2. The zero-order valence-corrected chi connectivity index (χ0v) is 15.4. The number of pyridine rings is 1. The van der Waals surface area contributed by atoms with Crippen LogP contribution in [0.5, 0.6) is 11.5 Å². The van der Waals surface area contributed by atoms with Crippen LogP contribution in [0.25, 0.3) is 10.9 Å². The molecule has 0 saturated carbocycles. The first-order valence-corrected chi connectivity index (χ1v) is 9.58. The number of aromatic nitrogens is 1. The van der Waals surface area contributed by atoms with E-state index in [0.717, 1.165) is 46.5 Å². The molecular formula is C22H22N2O4. The van der Waals surface area contributed by atoms with Gasteiger partial charge >= 0.3 is 0 Å². The molecule has 2 aliphatic rings. The lowest BCUT2D eigenvalue weighted by atomic mass is 9.86. The van der Waals surface area contributed by atoms with Gasteiger partial charge in [0, 0.05) is 30.1 Å². The summed E-state index contributed by atoms with van der Waals surface area (Å²) >= 11 is 0. The minimum Gasteiger partial charge on any atom is -0.454 e. The van der Waals surface area contributed by atoms with Crippen LogP contribution in [0.15, 0.2) is 53.3 Å². The quantitative estimate of drug-likeness (QED) is 0.733. The molecule has 0 bridgehead atoms. The number of aromatic amines is 1.